The fraction of sp³-hybridized carbons (Fsp3) is 0.333. The van der Waals surface area contributed by atoms with E-state index in [1.165, 1.54) is 0 Å². The van der Waals surface area contributed by atoms with Crippen molar-refractivity contribution < 1.29 is 9.53 Å². The lowest BCUT2D eigenvalue weighted by Gasteiger charge is -2.29. The number of hydrogen-bond donors (Lipinski definition) is 0. The molecule has 2 rings (SSSR count). The molecule has 0 saturated carbocycles. The van der Waals surface area contributed by atoms with Crippen molar-refractivity contribution in [2.45, 2.75) is 0 Å². The summed E-state index contributed by atoms with van der Waals surface area (Å²) in [6.45, 7) is 3.08. The van der Waals surface area contributed by atoms with Crippen LogP contribution in [0.4, 0.5) is 0 Å². The first kappa shape index (κ1) is 11.2. The Balaban J connectivity index is 2.15. The molecule has 84 valence electrons. The highest BCUT2D eigenvalue weighted by atomic mass is 32.1. The van der Waals surface area contributed by atoms with E-state index in [0.29, 0.717) is 18.8 Å². The number of hydrogen-bond acceptors (Lipinski definition) is 3. The lowest BCUT2D eigenvalue weighted by molar-refractivity contribution is 0.0693. The summed E-state index contributed by atoms with van der Waals surface area (Å²) in [5.41, 5.74) is 1.59. The van der Waals surface area contributed by atoms with Crippen LogP contribution >= 0.6 is 12.2 Å². The summed E-state index contributed by atoms with van der Waals surface area (Å²) in [7, 11) is 0. The first-order valence-corrected chi connectivity index (χ1v) is 5.64. The molecule has 4 heteroatoms. The maximum atomic E-state index is 10.7. The summed E-state index contributed by atoms with van der Waals surface area (Å²) in [5, 5.41) is 0. The second-order valence-electron chi connectivity index (χ2n) is 3.65. The van der Waals surface area contributed by atoms with Crippen LogP contribution in [0.25, 0.3) is 0 Å². The zero-order chi connectivity index (χ0) is 11.4. The minimum Gasteiger partial charge on any atom is -0.378 e. The molecule has 1 aliphatic heterocycles. The van der Waals surface area contributed by atoms with Gasteiger partial charge in [-0.3, -0.25) is 4.79 Å². The molecule has 1 heterocycles. The summed E-state index contributed by atoms with van der Waals surface area (Å²) in [6, 6.07) is 7.39. The summed E-state index contributed by atoms with van der Waals surface area (Å²) in [5.74, 6) is 0. The number of benzene rings is 1. The molecule has 0 amide bonds. The number of aldehydes is 1. The molecule has 0 unspecified atom stereocenters. The van der Waals surface area contributed by atoms with Gasteiger partial charge in [-0.15, -0.1) is 0 Å². The van der Waals surface area contributed by atoms with E-state index < -0.39 is 0 Å². The number of carbonyl (C=O) groups excluding carboxylic acids is 1. The van der Waals surface area contributed by atoms with Crippen molar-refractivity contribution in [3.8, 4) is 0 Å². The molecule has 0 aromatic heterocycles. The molecule has 1 aliphatic rings. The highest BCUT2D eigenvalue weighted by Crippen LogP contribution is 2.10. The van der Waals surface area contributed by atoms with E-state index in [-0.39, 0.29) is 0 Å². The molecule has 0 atom stereocenters. The Morgan fingerprint density at radius 2 is 2.12 bits per heavy atom. The molecule has 1 aromatic rings. The molecule has 1 aromatic carbocycles. The van der Waals surface area contributed by atoms with Crippen LogP contribution in [-0.2, 0) is 4.74 Å². The SMILES string of the molecule is O=Cc1cccc(C(=S)N2CCOCC2)c1. The van der Waals surface area contributed by atoms with E-state index in [4.69, 9.17) is 17.0 Å². The van der Waals surface area contributed by atoms with Gasteiger partial charge in [0.1, 0.15) is 11.3 Å². The van der Waals surface area contributed by atoms with Gasteiger partial charge in [0.25, 0.3) is 0 Å². The minimum absolute atomic E-state index is 0.660. The summed E-state index contributed by atoms with van der Waals surface area (Å²) >= 11 is 5.40. The molecule has 0 aliphatic carbocycles. The monoisotopic (exact) mass is 235 g/mol. The first-order valence-electron chi connectivity index (χ1n) is 5.23. The second-order valence-corrected chi connectivity index (χ2v) is 4.03. The topological polar surface area (TPSA) is 29.5 Å². The van der Waals surface area contributed by atoms with Crippen molar-refractivity contribution in [2.24, 2.45) is 0 Å². The van der Waals surface area contributed by atoms with Crippen molar-refractivity contribution >= 4 is 23.5 Å². The molecule has 1 saturated heterocycles. The van der Waals surface area contributed by atoms with Crippen LogP contribution in [0.15, 0.2) is 24.3 Å². The van der Waals surface area contributed by atoms with Crippen LogP contribution in [-0.4, -0.2) is 42.5 Å². The van der Waals surface area contributed by atoms with Gasteiger partial charge in [0.2, 0.25) is 0 Å². The maximum absolute atomic E-state index is 10.7. The van der Waals surface area contributed by atoms with Gasteiger partial charge >= 0.3 is 0 Å². The number of nitrogens with zero attached hydrogens (tertiary/aromatic N) is 1. The Hall–Kier alpha value is -1.26. The van der Waals surface area contributed by atoms with Gasteiger partial charge in [0, 0.05) is 24.2 Å². The van der Waals surface area contributed by atoms with E-state index in [1.807, 2.05) is 18.2 Å². The van der Waals surface area contributed by atoms with E-state index in [2.05, 4.69) is 4.90 Å². The average molecular weight is 235 g/mol. The lowest BCUT2D eigenvalue weighted by Crippen LogP contribution is -2.40. The van der Waals surface area contributed by atoms with Crippen LogP contribution in [0.5, 0.6) is 0 Å². The molecule has 0 N–H and O–H groups in total. The molecular weight excluding hydrogens is 222 g/mol. The van der Waals surface area contributed by atoms with Gasteiger partial charge in [-0.25, -0.2) is 0 Å². The van der Waals surface area contributed by atoms with Gasteiger partial charge in [-0.05, 0) is 6.07 Å². The zero-order valence-corrected chi connectivity index (χ0v) is 9.70. The molecule has 3 nitrogen and oxygen atoms in total. The van der Waals surface area contributed by atoms with Gasteiger partial charge in [0.05, 0.1) is 13.2 Å². The Morgan fingerprint density at radius 1 is 1.38 bits per heavy atom. The van der Waals surface area contributed by atoms with Crippen molar-refractivity contribution in [3.63, 3.8) is 0 Å². The summed E-state index contributed by atoms with van der Waals surface area (Å²) in [4.78, 5) is 13.6. The zero-order valence-electron chi connectivity index (χ0n) is 8.89. The summed E-state index contributed by atoms with van der Waals surface area (Å²) < 4.78 is 5.27. The highest BCUT2D eigenvalue weighted by molar-refractivity contribution is 7.80. The van der Waals surface area contributed by atoms with Crippen LogP contribution in [0.2, 0.25) is 0 Å². The number of ether oxygens (including phenoxy) is 1. The third kappa shape index (κ3) is 2.46. The lowest BCUT2D eigenvalue weighted by atomic mass is 10.1. The van der Waals surface area contributed by atoms with Crippen LogP contribution in [0, 0.1) is 0 Å². The molecule has 0 radical (unpaired) electrons. The predicted octanol–water partition coefficient (Wildman–Crippen LogP) is 1.51. The standard InChI is InChI=1S/C12H13NO2S/c14-9-10-2-1-3-11(8-10)12(16)13-4-6-15-7-5-13/h1-3,8-9H,4-7H2. The van der Waals surface area contributed by atoms with E-state index in [0.717, 1.165) is 29.9 Å². The maximum Gasteiger partial charge on any atom is 0.150 e. The van der Waals surface area contributed by atoms with E-state index >= 15 is 0 Å². The smallest absolute Gasteiger partial charge is 0.150 e. The minimum atomic E-state index is 0.660. The quantitative estimate of drug-likeness (QED) is 0.574. The molecular formula is C12H13NO2S. The molecule has 0 spiro atoms. The Labute approximate surface area is 100 Å². The number of thiocarbonyl (C=S) groups is 1. The molecule has 16 heavy (non-hydrogen) atoms. The van der Waals surface area contributed by atoms with Gasteiger partial charge in [-0.1, -0.05) is 30.4 Å². The van der Waals surface area contributed by atoms with Crippen molar-refractivity contribution in [1.29, 1.82) is 0 Å². The average Bonchev–Trinajstić information content (AvgIpc) is 2.39. The van der Waals surface area contributed by atoms with Gasteiger partial charge in [0.15, 0.2) is 0 Å². The normalized spacial score (nSPS) is 15.9. The van der Waals surface area contributed by atoms with Crippen LogP contribution in [0.3, 0.4) is 0 Å². The van der Waals surface area contributed by atoms with E-state index in [9.17, 15) is 4.79 Å². The van der Waals surface area contributed by atoms with Crippen molar-refractivity contribution in [1.82, 2.24) is 4.90 Å². The second kappa shape index (κ2) is 5.18. The highest BCUT2D eigenvalue weighted by Gasteiger charge is 2.14. The Morgan fingerprint density at radius 3 is 2.81 bits per heavy atom. The fourth-order valence-electron chi connectivity index (χ4n) is 1.69. The van der Waals surface area contributed by atoms with Crippen molar-refractivity contribution in [3.05, 3.63) is 35.4 Å². The number of carbonyl (C=O) groups is 1. The predicted molar refractivity (Wildman–Crippen MR) is 65.9 cm³/mol. The van der Waals surface area contributed by atoms with Crippen LogP contribution < -0.4 is 0 Å². The molecule has 1 fully saturated rings. The van der Waals surface area contributed by atoms with Crippen molar-refractivity contribution in [2.75, 3.05) is 26.3 Å². The third-order valence-electron chi connectivity index (χ3n) is 2.57. The Kier molecular flexibility index (Phi) is 3.64. The molecule has 0 bridgehead atoms. The summed E-state index contributed by atoms with van der Waals surface area (Å²) in [6.07, 6.45) is 0.839. The number of morpholine rings is 1. The third-order valence-corrected chi connectivity index (χ3v) is 3.06. The van der Waals surface area contributed by atoms with E-state index in [1.54, 1.807) is 6.07 Å². The number of rotatable bonds is 2. The largest absolute Gasteiger partial charge is 0.378 e. The fourth-order valence-corrected chi connectivity index (χ4v) is 2.00. The first-order chi connectivity index (χ1) is 7.81. The van der Waals surface area contributed by atoms with Crippen LogP contribution in [0.1, 0.15) is 15.9 Å². The van der Waals surface area contributed by atoms with Gasteiger partial charge < -0.3 is 9.64 Å². The Bertz CT molecular complexity index is 400. The van der Waals surface area contributed by atoms with Gasteiger partial charge in [-0.2, -0.15) is 0 Å².